The Hall–Kier alpha value is -2.93. The van der Waals surface area contributed by atoms with Gasteiger partial charge in [-0.1, -0.05) is 22.8 Å². The van der Waals surface area contributed by atoms with Gasteiger partial charge in [-0.2, -0.15) is 0 Å². The average molecular weight is 348 g/mol. The Labute approximate surface area is 142 Å². The Kier molecular flexibility index (Phi) is 4.43. The van der Waals surface area contributed by atoms with Gasteiger partial charge < -0.3 is 24.3 Å². The standard InChI is InChI=1S/C16H14ClN3O4/c1-22-12-4-3-5-13(23-2)14(12)15-19-20-16(24-15)18-10-8-9(17)6-7-11(10)21/h3-8,21H,1-2H3,(H,18,20). The monoisotopic (exact) mass is 347 g/mol. The lowest BCUT2D eigenvalue weighted by atomic mass is 10.2. The molecule has 8 heteroatoms. The highest BCUT2D eigenvalue weighted by molar-refractivity contribution is 6.30. The van der Waals surface area contributed by atoms with E-state index in [9.17, 15) is 5.11 Å². The molecular formula is C16H14ClN3O4. The van der Waals surface area contributed by atoms with Gasteiger partial charge in [-0.15, -0.1) is 5.10 Å². The van der Waals surface area contributed by atoms with E-state index in [2.05, 4.69) is 15.5 Å². The number of aromatic hydroxyl groups is 1. The van der Waals surface area contributed by atoms with Crippen LogP contribution in [0.3, 0.4) is 0 Å². The second kappa shape index (κ2) is 6.67. The fraction of sp³-hybridized carbons (Fsp3) is 0.125. The maximum absolute atomic E-state index is 9.83. The highest BCUT2D eigenvalue weighted by Gasteiger charge is 2.19. The van der Waals surface area contributed by atoms with Gasteiger partial charge >= 0.3 is 6.01 Å². The number of rotatable bonds is 5. The summed E-state index contributed by atoms with van der Waals surface area (Å²) >= 11 is 5.91. The Bertz CT molecular complexity index is 844. The van der Waals surface area contributed by atoms with Crippen molar-refractivity contribution in [2.75, 3.05) is 19.5 Å². The number of nitrogens with one attached hydrogen (secondary N) is 1. The van der Waals surface area contributed by atoms with Crippen LogP contribution in [0, 0.1) is 0 Å². The number of benzene rings is 2. The molecule has 0 unspecified atom stereocenters. The van der Waals surface area contributed by atoms with Gasteiger partial charge in [-0.3, -0.25) is 0 Å². The maximum Gasteiger partial charge on any atom is 0.320 e. The molecule has 3 rings (SSSR count). The first-order valence-electron chi connectivity index (χ1n) is 6.92. The number of halogens is 1. The molecule has 0 aliphatic rings. The molecule has 124 valence electrons. The number of ether oxygens (including phenoxy) is 2. The van der Waals surface area contributed by atoms with Gasteiger partial charge in [0.1, 0.15) is 22.8 Å². The topological polar surface area (TPSA) is 89.6 Å². The van der Waals surface area contributed by atoms with E-state index in [4.69, 9.17) is 25.5 Å². The van der Waals surface area contributed by atoms with Crippen LogP contribution in [-0.4, -0.2) is 29.5 Å². The third kappa shape index (κ3) is 3.07. The Morgan fingerprint density at radius 2 is 1.79 bits per heavy atom. The van der Waals surface area contributed by atoms with Gasteiger partial charge in [-0.05, 0) is 30.3 Å². The van der Waals surface area contributed by atoms with Crippen LogP contribution >= 0.6 is 11.6 Å². The second-order valence-electron chi connectivity index (χ2n) is 4.74. The minimum atomic E-state index is 0.00835. The van der Waals surface area contributed by atoms with E-state index in [0.717, 1.165) is 0 Å². The summed E-state index contributed by atoms with van der Waals surface area (Å²) in [4.78, 5) is 0. The van der Waals surface area contributed by atoms with Crippen molar-refractivity contribution < 1.29 is 19.0 Å². The summed E-state index contributed by atoms with van der Waals surface area (Å²) in [6.45, 7) is 0. The molecule has 0 radical (unpaired) electrons. The van der Waals surface area contributed by atoms with Crippen molar-refractivity contribution >= 4 is 23.3 Å². The molecule has 3 aromatic rings. The molecule has 2 aromatic carbocycles. The summed E-state index contributed by atoms with van der Waals surface area (Å²) in [6.07, 6.45) is 0. The van der Waals surface area contributed by atoms with Crippen molar-refractivity contribution in [2.45, 2.75) is 0 Å². The molecule has 0 atom stereocenters. The minimum absolute atomic E-state index is 0.00835. The molecular weight excluding hydrogens is 334 g/mol. The predicted molar refractivity (Wildman–Crippen MR) is 89.2 cm³/mol. The number of hydrogen-bond donors (Lipinski definition) is 2. The third-order valence-electron chi connectivity index (χ3n) is 3.27. The molecule has 0 saturated carbocycles. The maximum atomic E-state index is 9.83. The van der Waals surface area contributed by atoms with Crippen LogP contribution in [0.5, 0.6) is 17.2 Å². The van der Waals surface area contributed by atoms with Crippen molar-refractivity contribution in [3.63, 3.8) is 0 Å². The summed E-state index contributed by atoms with van der Waals surface area (Å²) in [5.74, 6) is 1.30. The summed E-state index contributed by atoms with van der Waals surface area (Å²) in [6, 6.07) is 9.99. The van der Waals surface area contributed by atoms with Crippen molar-refractivity contribution in [3.05, 3.63) is 41.4 Å². The normalized spacial score (nSPS) is 10.5. The van der Waals surface area contributed by atoms with E-state index in [1.165, 1.54) is 20.3 Å². The van der Waals surface area contributed by atoms with Gasteiger partial charge in [0.05, 0.1) is 19.9 Å². The van der Waals surface area contributed by atoms with Crippen LogP contribution < -0.4 is 14.8 Å². The molecule has 0 amide bonds. The summed E-state index contributed by atoms with van der Waals surface area (Å²) in [5.41, 5.74) is 0.892. The lowest BCUT2D eigenvalue weighted by Crippen LogP contribution is -1.93. The van der Waals surface area contributed by atoms with Gasteiger partial charge in [-0.25, -0.2) is 0 Å². The highest BCUT2D eigenvalue weighted by atomic mass is 35.5. The Balaban J connectivity index is 1.96. The predicted octanol–water partition coefficient (Wildman–Crippen LogP) is 3.86. The molecule has 0 spiro atoms. The van der Waals surface area contributed by atoms with E-state index < -0.39 is 0 Å². The van der Waals surface area contributed by atoms with Crippen LogP contribution in [0.4, 0.5) is 11.7 Å². The zero-order valence-electron chi connectivity index (χ0n) is 12.9. The van der Waals surface area contributed by atoms with Crippen molar-refractivity contribution in [1.82, 2.24) is 10.2 Å². The first-order valence-corrected chi connectivity index (χ1v) is 7.30. The summed E-state index contributed by atoms with van der Waals surface area (Å²) in [7, 11) is 3.08. The zero-order valence-corrected chi connectivity index (χ0v) is 13.7. The quantitative estimate of drug-likeness (QED) is 0.677. The van der Waals surface area contributed by atoms with E-state index in [0.29, 0.717) is 27.8 Å². The molecule has 1 heterocycles. The van der Waals surface area contributed by atoms with Crippen molar-refractivity contribution in [2.24, 2.45) is 0 Å². The SMILES string of the molecule is COc1cccc(OC)c1-c1nnc(Nc2cc(Cl)ccc2O)o1. The first-order chi connectivity index (χ1) is 11.6. The number of phenolic OH excluding ortho intramolecular Hbond substituents is 1. The number of hydrogen-bond acceptors (Lipinski definition) is 7. The van der Waals surface area contributed by atoms with E-state index in [1.54, 1.807) is 30.3 Å². The van der Waals surface area contributed by atoms with Crippen LogP contribution in [0.15, 0.2) is 40.8 Å². The minimum Gasteiger partial charge on any atom is -0.506 e. The van der Waals surface area contributed by atoms with Crippen LogP contribution in [0.25, 0.3) is 11.5 Å². The van der Waals surface area contributed by atoms with Gasteiger partial charge in [0.25, 0.3) is 5.89 Å². The smallest absolute Gasteiger partial charge is 0.320 e. The van der Waals surface area contributed by atoms with Crippen LogP contribution in [0.1, 0.15) is 0 Å². The number of nitrogens with zero attached hydrogens (tertiary/aromatic N) is 2. The summed E-state index contributed by atoms with van der Waals surface area (Å²) in [5, 5.41) is 21.0. The van der Waals surface area contributed by atoms with Gasteiger partial charge in [0.2, 0.25) is 0 Å². The third-order valence-corrected chi connectivity index (χ3v) is 3.50. The molecule has 0 aliphatic carbocycles. The fourth-order valence-electron chi connectivity index (χ4n) is 2.16. The number of aromatic nitrogens is 2. The van der Waals surface area contributed by atoms with E-state index >= 15 is 0 Å². The Morgan fingerprint density at radius 3 is 2.46 bits per heavy atom. The molecule has 0 bridgehead atoms. The Morgan fingerprint density at radius 1 is 1.08 bits per heavy atom. The van der Waals surface area contributed by atoms with Crippen molar-refractivity contribution in [1.29, 1.82) is 0 Å². The molecule has 0 fully saturated rings. The molecule has 1 aromatic heterocycles. The van der Waals surface area contributed by atoms with E-state index in [-0.39, 0.29) is 17.7 Å². The molecule has 0 saturated heterocycles. The molecule has 24 heavy (non-hydrogen) atoms. The molecule has 2 N–H and O–H groups in total. The summed E-state index contributed by atoms with van der Waals surface area (Å²) < 4.78 is 16.2. The lowest BCUT2D eigenvalue weighted by molar-refractivity contribution is 0.394. The average Bonchev–Trinajstić information content (AvgIpc) is 3.05. The van der Waals surface area contributed by atoms with E-state index in [1.807, 2.05) is 0 Å². The largest absolute Gasteiger partial charge is 0.506 e. The van der Waals surface area contributed by atoms with Crippen LogP contribution in [-0.2, 0) is 0 Å². The van der Waals surface area contributed by atoms with Gasteiger partial charge in [0.15, 0.2) is 0 Å². The van der Waals surface area contributed by atoms with Gasteiger partial charge in [0, 0.05) is 5.02 Å². The number of phenols is 1. The zero-order chi connectivity index (χ0) is 17.1. The van der Waals surface area contributed by atoms with Crippen molar-refractivity contribution in [3.8, 4) is 28.7 Å². The second-order valence-corrected chi connectivity index (χ2v) is 5.17. The van der Waals surface area contributed by atoms with Crippen LogP contribution in [0.2, 0.25) is 5.02 Å². The highest BCUT2D eigenvalue weighted by Crippen LogP contribution is 2.38. The number of methoxy groups -OCH3 is 2. The molecule has 7 nitrogen and oxygen atoms in total. The lowest BCUT2D eigenvalue weighted by Gasteiger charge is -2.09. The molecule has 0 aliphatic heterocycles. The number of anilines is 2. The first kappa shape index (κ1) is 15.9. The fourth-order valence-corrected chi connectivity index (χ4v) is 2.33.